The summed E-state index contributed by atoms with van der Waals surface area (Å²) in [6.07, 6.45) is 1.44. The van der Waals surface area contributed by atoms with E-state index in [0.717, 1.165) is 19.4 Å². The number of ether oxygens (including phenoxy) is 2. The second kappa shape index (κ2) is 8.51. The molecule has 4 aromatic carbocycles. The Bertz CT molecular complexity index is 1280. The molecule has 1 aliphatic rings. The second-order valence-electron chi connectivity index (χ2n) is 8.93. The maximum Gasteiger partial charge on any atom is 0.176 e. The third-order valence-electron chi connectivity index (χ3n) is 6.61. The molecule has 1 aromatic heterocycles. The minimum Gasteiger partial charge on any atom is -0.346 e. The van der Waals surface area contributed by atoms with Crippen LogP contribution in [0.3, 0.4) is 0 Å². The van der Waals surface area contributed by atoms with Gasteiger partial charge >= 0.3 is 0 Å². The van der Waals surface area contributed by atoms with Crippen molar-refractivity contribution in [3.05, 3.63) is 120 Å². The lowest BCUT2D eigenvalue weighted by molar-refractivity contribution is -0.167. The van der Waals surface area contributed by atoms with Gasteiger partial charge in [0.25, 0.3) is 0 Å². The predicted molar refractivity (Wildman–Crippen MR) is 133 cm³/mol. The molecule has 6 rings (SSSR count). The monoisotopic (exact) mass is 433 g/mol. The molecule has 1 fully saturated rings. The first-order chi connectivity index (χ1) is 16.3. The molecule has 1 atom stereocenters. The zero-order valence-electron chi connectivity index (χ0n) is 18.6. The lowest BCUT2D eigenvalue weighted by atomic mass is 9.98. The maximum absolute atomic E-state index is 6.79. The van der Waals surface area contributed by atoms with Crippen LogP contribution < -0.4 is 0 Å². The van der Waals surface area contributed by atoms with Crippen LogP contribution in [-0.4, -0.2) is 23.1 Å². The number of nitrogens with zero attached hydrogens (tertiary/aromatic N) is 1. The Morgan fingerprint density at radius 1 is 0.636 bits per heavy atom. The van der Waals surface area contributed by atoms with Crippen molar-refractivity contribution >= 4 is 21.8 Å². The van der Waals surface area contributed by atoms with E-state index in [0.29, 0.717) is 6.61 Å². The van der Waals surface area contributed by atoms with Crippen molar-refractivity contribution in [3.8, 4) is 0 Å². The Morgan fingerprint density at radius 2 is 1.12 bits per heavy atom. The van der Waals surface area contributed by atoms with Crippen molar-refractivity contribution in [2.75, 3.05) is 6.61 Å². The van der Waals surface area contributed by atoms with E-state index in [1.807, 2.05) is 0 Å². The number of hydrogen-bond acceptors (Lipinski definition) is 2. The fourth-order valence-corrected chi connectivity index (χ4v) is 5.17. The molecule has 1 aliphatic heterocycles. The highest BCUT2D eigenvalue weighted by Crippen LogP contribution is 2.34. The van der Waals surface area contributed by atoms with Gasteiger partial charge in [0.2, 0.25) is 0 Å². The van der Waals surface area contributed by atoms with Gasteiger partial charge in [0.15, 0.2) is 5.79 Å². The topological polar surface area (TPSA) is 23.4 Å². The Hall–Kier alpha value is -3.40. The summed E-state index contributed by atoms with van der Waals surface area (Å²) in [6, 6.07) is 38.3. The van der Waals surface area contributed by atoms with Gasteiger partial charge in [-0.3, -0.25) is 0 Å². The van der Waals surface area contributed by atoms with E-state index in [4.69, 9.17) is 9.47 Å². The molecule has 3 nitrogen and oxygen atoms in total. The van der Waals surface area contributed by atoms with Crippen molar-refractivity contribution in [1.29, 1.82) is 0 Å². The highest BCUT2D eigenvalue weighted by atomic mass is 16.7. The van der Waals surface area contributed by atoms with E-state index < -0.39 is 5.79 Å². The van der Waals surface area contributed by atoms with Gasteiger partial charge in [0, 0.05) is 34.6 Å². The molecule has 0 N–H and O–H groups in total. The average molecular weight is 434 g/mol. The molecule has 2 heterocycles. The van der Waals surface area contributed by atoms with Crippen LogP contribution in [0.15, 0.2) is 109 Å². The number of para-hydroxylation sites is 2. The first-order valence-electron chi connectivity index (χ1n) is 11.7. The maximum atomic E-state index is 6.79. The van der Waals surface area contributed by atoms with Gasteiger partial charge < -0.3 is 14.0 Å². The fraction of sp³-hybridized carbons (Fsp3) is 0.200. The summed E-state index contributed by atoms with van der Waals surface area (Å²) >= 11 is 0. The summed E-state index contributed by atoms with van der Waals surface area (Å²) in [5, 5.41) is 2.57. The van der Waals surface area contributed by atoms with Gasteiger partial charge in [-0.2, -0.15) is 0 Å². The Labute approximate surface area is 194 Å². The van der Waals surface area contributed by atoms with Gasteiger partial charge in [-0.15, -0.1) is 0 Å². The van der Waals surface area contributed by atoms with Gasteiger partial charge in [-0.1, -0.05) is 97.1 Å². The molecular weight excluding hydrogens is 406 g/mol. The summed E-state index contributed by atoms with van der Waals surface area (Å²) in [7, 11) is 0. The van der Waals surface area contributed by atoms with Crippen molar-refractivity contribution < 1.29 is 9.47 Å². The highest BCUT2D eigenvalue weighted by molar-refractivity contribution is 6.07. The van der Waals surface area contributed by atoms with Crippen LogP contribution in [0, 0.1) is 0 Å². The summed E-state index contributed by atoms with van der Waals surface area (Å²) in [6.45, 7) is 1.35. The zero-order chi connectivity index (χ0) is 22.1. The molecule has 0 radical (unpaired) electrons. The molecule has 1 unspecified atom stereocenters. The first kappa shape index (κ1) is 20.2. The molecule has 0 saturated carbocycles. The highest BCUT2D eigenvalue weighted by Gasteiger charge is 2.42. The minimum absolute atomic E-state index is 0.0170. The van der Waals surface area contributed by atoms with Crippen LogP contribution >= 0.6 is 0 Å². The minimum atomic E-state index is -0.661. The summed E-state index contributed by atoms with van der Waals surface area (Å²) in [5.41, 5.74) is 4.94. The summed E-state index contributed by atoms with van der Waals surface area (Å²) in [4.78, 5) is 0. The molecular formula is C30H27NO2. The van der Waals surface area contributed by atoms with Crippen molar-refractivity contribution in [2.24, 2.45) is 0 Å². The molecule has 1 saturated heterocycles. The molecule has 0 spiro atoms. The van der Waals surface area contributed by atoms with E-state index in [-0.39, 0.29) is 6.10 Å². The van der Waals surface area contributed by atoms with Crippen LogP contribution in [0.2, 0.25) is 0 Å². The summed E-state index contributed by atoms with van der Waals surface area (Å²) in [5.74, 6) is -0.661. The van der Waals surface area contributed by atoms with E-state index in [9.17, 15) is 0 Å². The molecule has 33 heavy (non-hydrogen) atoms. The van der Waals surface area contributed by atoms with Crippen LogP contribution in [0.5, 0.6) is 0 Å². The third kappa shape index (κ3) is 3.95. The van der Waals surface area contributed by atoms with Gasteiger partial charge in [-0.25, -0.2) is 0 Å². The SMILES string of the molecule is c1ccc(CC2(Cc3ccccc3)OCC(Cn3c4ccccc4c4ccccc43)O2)cc1. The Morgan fingerprint density at radius 3 is 1.67 bits per heavy atom. The van der Waals surface area contributed by atoms with Gasteiger partial charge in [0.1, 0.15) is 6.10 Å². The second-order valence-corrected chi connectivity index (χ2v) is 8.93. The van der Waals surface area contributed by atoms with E-state index in [1.54, 1.807) is 0 Å². The molecule has 164 valence electrons. The van der Waals surface area contributed by atoms with Crippen LogP contribution in [0.4, 0.5) is 0 Å². The zero-order valence-corrected chi connectivity index (χ0v) is 18.6. The number of aromatic nitrogens is 1. The van der Waals surface area contributed by atoms with E-state index in [1.165, 1.54) is 32.9 Å². The van der Waals surface area contributed by atoms with Crippen LogP contribution in [0.25, 0.3) is 21.8 Å². The van der Waals surface area contributed by atoms with Gasteiger partial charge in [0.05, 0.1) is 13.2 Å². The smallest absolute Gasteiger partial charge is 0.176 e. The fourth-order valence-electron chi connectivity index (χ4n) is 5.17. The van der Waals surface area contributed by atoms with E-state index in [2.05, 4.69) is 114 Å². The molecule has 0 bridgehead atoms. The third-order valence-corrected chi connectivity index (χ3v) is 6.61. The summed E-state index contributed by atoms with van der Waals surface area (Å²) < 4.78 is 15.7. The van der Waals surface area contributed by atoms with Crippen molar-refractivity contribution in [3.63, 3.8) is 0 Å². The Kier molecular flexibility index (Phi) is 5.21. The largest absolute Gasteiger partial charge is 0.346 e. The van der Waals surface area contributed by atoms with Crippen LogP contribution in [0.1, 0.15) is 11.1 Å². The standard InChI is InChI=1S/C30H27NO2/c1-3-11-23(12-4-1)19-30(20-24-13-5-2-6-14-24)32-22-25(33-30)21-31-28-17-9-7-15-26(28)27-16-8-10-18-29(27)31/h1-18,25H,19-22H2. The van der Waals surface area contributed by atoms with Crippen molar-refractivity contribution in [2.45, 2.75) is 31.3 Å². The van der Waals surface area contributed by atoms with Gasteiger partial charge in [-0.05, 0) is 23.3 Å². The molecule has 0 amide bonds. The molecule has 5 aromatic rings. The number of hydrogen-bond donors (Lipinski definition) is 0. The average Bonchev–Trinajstić information content (AvgIpc) is 3.40. The van der Waals surface area contributed by atoms with Crippen LogP contribution in [-0.2, 0) is 28.9 Å². The molecule has 3 heteroatoms. The number of benzene rings is 4. The number of rotatable bonds is 6. The molecule has 0 aliphatic carbocycles. The predicted octanol–water partition coefficient (Wildman–Crippen LogP) is 6.39. The first-order valence-corrected chi connectivity index (χ1v) is 11.7. The lowest BCUT2D eigenvalue weighted by Crippen LogP contribution is -2.37. The lowest BCUT2D eigenvalue weighted by Gasteiger charge is -2.29. The quantitative estimate of drug-likeness (QED) is 0.310. The Balaban J connectivity index is 1.32. The van der Waals surface area contributed by atoms with Crippen molar-refractivity contribution in [1.82, 2.24) is 4.57 Å². The normalized spacial score (nSPS) is 17.6. The van der Waals surface area contributed by atoms with E-state index >= 15 is 0 Å². The number of fused-ring (bicyclic) bond motifs is 3.